The zero-order chi connectivity index (χ0) is 14.6. The summed E-state index contributed by atoms with van der Waals surface area (Å²) in [4.78, 5) is 10.7. The van der Waals surface area contributed by atoms with Crippen molar-refractivity contribution in [2.24, 2.45) is 0 Å². The number of carbonyl (C=O) groups is 1. The van der Waals surface area contributed by atoms with Gasteiger partial charge in [-0.1, -0.05) is 12.1 Å². The molecule has 1 aromatic carbocycles. The van der Waals surface area contributed by atoms with Gasteiger partial charge in [0, 0.05) is 6.20 Å². The molecule has 0 fully saturated rings. The van der Waals surface area contributed by atoms with Gasteiger partial charge in [0.25, 0.3) is 0 Å². The van der Waals surface area contributed by atoms with Crippen LogP contribution >= 0.6 is 0 Å². The molecule has 106 valence electrons. The van der Waals surface area contributed by atoms with Crippen LogP contribution in [0.3, 0.4) is 0 Å². The number of hydrogen-bond donors (Lipinski definition) is 3. The van der Waals surface area contributed by atoms with Crippen molar-refractivity contribution in [1.29, 1.82) is 0 Å². The summed E-state index contributed by atoms with van der Waals surface area (Å²) in [5, 5.41) is 15.1. The van der Waals surface area contributed by atoms with E-state index in [1.165, 1.54) is 30.5 Å². The molecule has 0 atom stereocenters. The number of aromatic carboxylic acids is 1. The van der Waals surface area contributed by atoms with Crippen molar-refractivity contribution in [3.8, 4) is 0 Å². The Kier molecular flexibility index (Phi) is 4.16. The number of aromatic amines is 1. The highest BCUT2D eigenvalue weighted by molar-refractivity contribution is 7.88. The number of benzene rings is 1. The first kappa shape index (κ1) is 14.2. The molecule has 0 saturated heterocycles. The van der Waals surface area contributed by atoms with E-state index in [-0.39, 0.29) is 17.9 Å². The molecule has 0 aliphatic carbocycles. The maximum absolute atomic E-state index is 11.9. The average Bonchev–Trinajstić information content (AvgIpc) is 2.90. The molecule has 0 bridgehead atoms. The van der Waals surface area contributed by atoms with E-state index in [4.69, 9.17) is 5.11 Å². The topological polar surface area (TPSA) is 112 Å². The molecule has 7 nitrogen and oxygen atoms in total. The molecular formula is C12H13N3O4S. The van der Waals surface area contributed by atoms with Gasteiger partial charge in [-0.25, -0.2) is 17.9 Å². The number of carboxylic acids is 1. The molecule has 1 heterocycles. The second kappa shape index (κ2) is 5.85. The average molecular weight is 295 g/mol. The van der Waals surface area contributed by atoms with Crippen LogP contribution < -0.4 is 4.72 Å². The number of rotatable bonds is 6. The van der Waals surface area contributed by atoms with Gasteiger partial charge in [-0.15, -0.1) is 0 Å². The summed E-state index contributed by atoms with van der Waals surface area (Å²) in [5.74, 6) is -1.25. The Balaban J connectivity index is 1.98. The lowest BCUT2D eigenvalue weighted by molar-refractivity contribution is 0.0697. The fourth-order valence-electron chi connectivity index (χ4n) is 1.58. The molecule has 1 aromatic heterocycles. The number of nitrogens with one attached hydrogen (secondary N) is 2. The molecule has 2 rings (SSSR count). The molecule has 0 spiro atoms. The predicted octanol–water partition coefficient (Wildman–Crippen LogP) is 0.727. The van der Waals surface area contributed by atoms with E-state index in [9.17, 15) is 13.2 Å². The Labute approximate surface area is 115 Å². The molecule has 0 saturated carbocycles. The Morgan fingerprint density at radius 2 is 1.95 bits per heavy atom. The first-order valence-corrected chi connectivity index (χ1v) is 7.39. The van der Waals surface area contributed by atoms with Crippen molar-refractivity contribution in [1.82, 2.24) is 14.9 Å². The van der Waals surface area contributed by atoms with Crippen LogP contribution in [-0.2, 0) is 22.3 Å². The van der Waals surface area contributed by atoms with Crippen molar-refractivity contribution < 1.29 is 18.3 Å². The smallest absolute Gasteiger partial charge is 0.335 e. The van der Waals surface area contributed by atoms with Gasteiger partial charge in [0.15, 0.2) is 0 Å². The molecule has 8 heteroatoms. The van der Waals surface area contributed by atoms with Crippen LogP contribution in [0.1, 0.15) is 21.6 Å². The van der Waals surface area contributed by atoms with Crippen molar-refractivity contribution in [2.45, 2.75) is 12.3 Å². The van der Waals surface area contributed by atoms with Crippen molar-refractivity contribution in [2.75, 3.05) is 0 Å². The fraction of sp³-hybridized carbons (Fsp3) is 0.167. The lowest BCUT2D eigenvalue weighted by atomic mass is 10.1. The Morgan fingerprint density at radius 3 is 2.50 bits per heavy atom. The van der Waals surface area contributed by atoms with E-state index < -0.39 is 16.0 Å². The maximum Gasteiger partial charge on any atom is 0.335 e. The van der Waals surface area contributed by atoms with Gasteiger partial charge in [-0.05, 0) is 23.8 Å². The summed E-state index contributed by atoms with van der Waals surface area (Å²) in [5.41, 5.74) is 1.30. The molecule has 0 unspecified atom stereocenters. The highest BCUT2D eigenvalue weighted by Gasteiger charge is 2.12. The Bertz CT molecular complexity index is 678. The molecule has 2 aromatic rings. The molecular weight excluding hydrogens is 282 g/mol. The number of hydrogen-bond acceptors (Lipinski definition) is 4. The summed E-state index contributed by atoms with van der Waals surface area (Å²) in [6, 6.07) is 7.39. The number of sulfonamides is 1. The summed E-state index contributed by atoms with van der Waals surface area (Å²) < 4.78 is 26.1. The van der Waals surface area contributed by atoms with Crippen LogP contribution in [0.4, 0.5) is 0 Å². The minimum atomic E-state index is -3.49. The van der Waals surface area contributed by atoms with Gasteiger partial charge >= 0.3 is 5.97 Å². The normalized spacial score (nSPS) is 11.4. The van der Waals surface area contributed by atoms with Crippen LogP contribution in [0.5, 0.6) is 0 Å². The molecule has 0 radical (unpaired) electrons. The van der Waals surface area contributed by atoms with Gasteiger partial charge in [-0.3, -0.25) is 5.10 Å². The lowest BCUT2D eigenvalue weighted by Gasteiger charge is -2.06. The third-order valence-electron chi connectivity index (χ3n) is 2.60. The summed E-state index contributed by atoms with van der Waals surface area (Å²) in [6.07, 6.45) is 1.54. The van der Waals surface area contributed by atoms with Crippen LogP contribution in [-0.4, -0.2) is 29.7 Å². The molecule has 0 amide bonds. The van der Waals surface area contributed by atoms with Gasteiger partial charge in [0.1, 0.15) is 0 Å². The van der Waals surface area contributed by atoms with Crippen molar-refractivity contribution in [3.63, 3.8) is 0 Å². The Hall–Kier alpha value is -2.19. The van der Waals surface area contributed by atoms with Crippen molar-refractivity contribution in [3.05, 3.63) is 53.3 Å². The van der Waals surface area contributed by atoms with E-state index >= 15 is 0 Å². The summed E-state index contributed by atoms with van der Waals surface area (Å²) in [6.45, 7) is 0.134. The predicted molar refractivity (Wildman–Crippen MR) is 71.5 cm³/mol. The van der Waals surface area contributed by atoms with Crippen LogP contribution in [0, 0.1) is 0 Å². The highest BCUT2D eigenvalue weighted by atomic mass is 32.2. The third kappa shape index (κ3) is 3.90. The van der Waals surface area contributed by atoms with Gasteiger partial charge in [0.05, 0.1) is 23.6 Å². The van der Waals surface area contributed by atoms with E-state index in [2.05, 4.69) is 14.9 Å². The maximum atomic E-state index is 11.9. The highest BCUT2D eigenvalue weighted by Crippen LogP contribution is 2.08. The van der Waals surface area contributed by atoms with Gasteiger partial charge in [0.2, 0.25) is 10.0 Å². The minimum absolute atomic E-state index is 0.122. The van der Waals surface area contributed by atoms with E-state index in [1.54, 1.807) is 6.07 Å². The Morgan fingerprint density at radius 1 is 1.25 bits per heavy atom. The quantitative estimate of drug-likeness (QED) is 0.727. The molecule has 20 heavy (non-hydrogen) atoms. The second-order valence-corrected chi connectivity index (χ2v) is 5.97. The van der Waals surface area contributed by atoms with Crippen molar-refractivity contribution >= 4 is 16.0 Å². The minimum Gasteiger partial charge on any atom is -0.478 e. The van der Waals surface area contributed by atoms with E-state index in [0.717, 1.165) is 0 Å². The molecule has 0 aliphatic rings. The summed E-state index contributed by atoms with van der Waals surface area (Å²) in [7, 11) is -3.49. The van der Waals surface area contributed by atoms with Gasteiger partial charge in [-0.2, -0.15) is 5.10 Å². The zero-order valence-electron chi connectivity index (χ0n) is 10.4. The fourth-order valence-corrected chi connectivity index (χ4v) is 2.69. The number of carboxylic acid groups (broad SMARTS) is 1. The monoisotopic (exact) mass is 295 g/mol. The SMILES string of the molecule is O=C(O)c1ccc(CS(=O)(=O)NCc2ccn[nH]2)cc1. The van der Waals surface area contributed by atoms with Crippen LogP contribution in [0.2, 0.25) is 0 Å². The number of nitrogens with zero attached hydrogens (tertiary/aromatic N) is 1. The number of H-pyrrole nitrogens is 1. The number of aromatic nitrogens is 2. The lowest BCUT2D eigenvalue weighted by Crippen LogP contribution is -2.24. The zero-order valence-corrected chi connectivity index (χ0v) is 11.2. The van der Waals surface area contributed by atoms with E-state index in [0.29, 0.717) is 11.3 Å². The standard InChI is InChI=1S/C12H13N3O4S/c16-12(17)10-3-1-9(2-4-10)8-20(18,19)14-7-11-5-6-13-15-11/h1-6,14H,7-8H2,(H,13,15)(H,16,17). The van der Waals surface area contributed by atoms with Crippen LogP contribution in [0.15, 0.2) is 36.5 Å². The van der Waals surface area contributed by atoms with Crippen LogP contribution in [0.25, 0.3) is 0 Å². The second-order valence-electron chi connectivity index (χ2n) is 4.16. The third-order valence-corrected chi connectivity index (χ3v) is 3.90. The first-order valence-electron chi connectivity index (χ1n) is 5.74. The van der Waals surface area contributed by atoms with E-state index in [1.807, 2.05) is 0 Å². The van der Waals surface area contributed by atoms with Gasteiger partial charge < -0.3 is 5.11 Å². The summed E-state index contributed by atoms with van der Waals surface area (Å²) >= 11 is 0. The first-order chi connectivity index (χ1) is 9.46. The molecule has 0 aliphatic heterocycles. The molecule has 3 N–H and O–H groups in total. The largest absolute Gasteiger partial charge is 0.478 e.